The number of hydrogen-bond acceptors (Lipinski definition) is 7. The van der Waals surface area contributed by atoms with Gasteiger partial charge in [-0.05, 0) is 31.6 Å². The van der Waals surface area contributed by atoms with Crippen molar-refractivity contribution < 1.29 is 39.3 Å². The maximum atomic E-state index is 12.9. The van der Waals surface area contributed by atoms with E-state index < -0.39 is 60.4 Å². The highest BCUT2D eigenvalue weighted by molar-refractivity contribution is 5.94. The van der Waals surface area contributed by atoms with Crippen LogP contribution in [-0.4, -0.2) is 87.2 Å². The van der Waals surface area contributed by atoms with E-state index in [1.165, 1.54) is 4.90 Å². The van der Waals surface area contributed by atoms with Gasteiger partial charge >= 0.3 is 11.9 Å². The third kappa shape index (κ3) is 8.13. The third-order valence-corrected chi connectivity index (χ3v) is 4.96. The molecule has 4 atom stereocenters. The van der Waals surface area contributed by atoms with Gasteiger partial charge in [-0.3, -0.25) is 19.2 Å². The van der Waals surface area contributed by atoms with Gasteiger partial charge in [0.15, 0.2) is 0 Å². The average molecular weight is 444 g/mol. The molecule has 0 bridgehead atoms. The number of aliphatic hydroxyl groups is 1. The Morgan fingerprint density at radius 3 is 2.19 bits per heavy atom. The lowest BCUT2D eigenvalue weighted by Crippen LogP contribution is -2.58. The van der Waals surface area contributed by atoms with E-state index in [1.807, 2.05) is 13.8 Å². The number of likely N-dealkylation sites (tertiary alicyclic amines) is 1. The number of rotatable bonds is 12. The van der Waals surface area contributed by atoms with Crippen molar-refractivity contribution >= 4 is 29.7 Å². The van der Waals surface area contributed by atoms with Crippen LogP contribution in [0.2, 0.25) is 0 Å². The molecule has 0 aromatic carbocycles. The summed E-state index contributed by atoms with van der Waals surface area (Å²) in [7, 11) is 0. The van der Waals surface area contributed by atoms with Crippen LogP contribution >= 0.6 is 0 Å². The number of carboxylic acids is 2. The Hall–Kier alpha value is -2.73. The summed E-state index contributed by atoms with van der Waals surface area (Å²) in [6.07, 6.45) is 0.607. The van der Waals surface area contributed by atoms with Crippen molar-refractivity contribution in [3.63, 3.8) is 0 Å². The van der Waals surface area contributed by atoms with Crippen LogP contribution in [0.15, 0.2) is 0 Å². The zero-order chi connectivity index (χ0) is 23.7. The number of aliphatic hydroxyl groups excluding tert-OH is 1. The van der Waals surface area contributed by atoms with Gasteiger partial charge in [-0.15, -0.1) is 0 Å². The molecule has 176 valence electrons. The van der Waals surface area contributed by atoms with Gasteiger partial charge in [-0.25, -0.2) is 4.79 Å². The van der Waals surface area contributed by atoms with Crippen molar-refractivity contribution in [1.82, 2.24) is 15.5 Å². The summed E-state index contributed by atoms with van der Waals surface area (Å²) in [5.74, 6) is -4.42. The fourth-order valence-electron chi connectivity index (χ4n) is 3.34. The number of aliphatic carboxylic acids is 2. The highest BCUT2D eigenvalue weighted by Gasteiger charge is 2.38. The van der Waals surface area contributed by atoms with Crippen LogP contribution in [0.5, 0.6) is 0 Å². The molecule has 1 fully saturated rings. The Labute approximate surface area is 180 Å². The molecule has 0 aliphatic carbocycles. The molecule has 12 heteroatoms. The van der Waals surface area contributed by atoms with Crippen LogP contribution in [0.3, 0.4) is 0 Å². The molecule has 1 saturated heterocycles. The molecular formula is C19H32N4O8. The zero-order valence-corrected chi connectivity index (χ0v) is 17.7. The first-order valence-electron chi connectivity index (χ1n) is 10.2. The monoisotopic (exact) mass is 444 g/mol. The maximum absolute atomic E-state index is 12.9. The van der Waals surface area contributed by atoms with Gasteiger partial charge in [0, 0.05) is 13.0 Å². The maximum Gasteiger partial charge on any atom is 0.326 e. The number of carbonyl (C=O) groups is 5. The molecular weight excluding hydrogens is 412 g/mol. The lowest BCUT2D eigenvalue weighted by molar-refractivity contribution is -0.149. The van der Waals surface area contributed by atoms with Crippen LogP contribution in [-0.2, 0) is 24.0 Å². The summed E-state index contributed by atoms with van der Waals surface area (Å²) in [5, 5.41) is 32.3. The zero-order valence-electron chi connectivity index (χ0n) is 17.7. The first-order chi connectivity index (χ1) is 14.5. The molecule has 1 heterocycles. The van der Waals surface area contributed by atoms with Crippen LogP contribution in [0.4, 0.5) is 0 Å². The first-order valence-corrected chi connectivity index (χ1v) is 10.2. The number of nitrogens with one attached hydrogen (secondary N) is 2. The number of nitrogens with zero attached hydrogens (tertiary/aromatic N) is 1. The van der Waals surface area contributed by atoms with Gasteiger partial charge in [0.1, 0.15) is 18.1 Å². The van der Waals surface area contributed by atoms with E-state index in [1.54, 1.807) is 0 Å². The molecule has 31 heavy (non-hydrogen) atoms. The quantitative estimate of drug-likeness (QED) is 0.202. The van der Waals surface area contributed by atoms with Gasteiger partial charge in [0.05, 0.1) is 12.6 Å². The minimum atomic E-state index is -1.40. The second kappa shape index (κ2) is 12.2. The highest BCUT2D eigenvalue weighted by Crippen LogP contribution is 2.20. The van der Waals surface area contributed by atoms with Gasteiger partial charge < -0.3 is 36.6 Å². The van der Waals surface area contributed by atoms with Crippen molar-refractivity contribution in [1.29, 1.82) is 0 Å². The van der Waals surface area contributed by atoms with Crippen LogP contribution in [0.1, 0.15) is 46.0 Å². The summed E-state index contributed by atoms with van der Waals surface area (Å²) in [6.45, 7) is 3.15. The number of carbonyl (C=O) groups excluding carboxylic acids is 3. The number of amides is 3. The molecule has 3 amide bonds. The van der Waals surface area contributed by atoms with Crippen LogP contribution in [0, 0.1) is 5.92 Å². The second-order valence-corrected chi connectivity index (χ2v) is 8.00. The Morgan fingerprint density at radius 2 is 1.68 bits per heavy atom. The van der Waals surface area contributed by atoms with E-state index in [2.05, 4.69) is 10.6 Å². The molecule has 1 aliphatic heterocycles. The lowest BCUT2D eigenvalue weighted by Gasteiger charge is -2.29. The largest absolute Gasteiger partial charge is 0.481 e. The van der Waals surface area contributed by atoms with E-state index in [-0.39, 0.29) is 31.7 Å². The second-order valence-electron chi connectivity index (χ2n) is 8.00. The summed E-state index contributed by atoms with van der Waals surface area (Å²) in [4.78, 5) is 60.9. The van der Waals surface area contributed by atoms with Crippen LogP contribution < -0.4 is 16.4 Å². The SMILES string of the molecule is CC(C)CC(NC(=O)C(CO)NC(=O)C(N)CCC(=O)O)C(=O)N1CCCC1C(=O)O. The van der Waals surface area contributed by atoms with Gasteiger partial charge in [-0.2, -0.15) is 0 Å². The summed E-state index contributed by atoms with van der Waals surface area (Å²) in [5.41, 5.74) is 5.61. The smallest absolute Gasteiger partial charge is 0.326 e. The molecule has 4 unspecified atom stereocenters. The standard InChI is InChI=1S/C19H32N4O8/c1-10(2)8-12(18(29)23-7-3-4-14(23)19(30)31)21-17(28)13(9-24)22-16(27)11(20)5-6-15(25)26/h10-14,24H,3-9,20H2,1-2H3,(H,21,28)(H,22,27)(H,25,26)(H,30,31). The van der Waals surface area contributed by atoms with Crippen molar-refractivity contribution in [2.75, 3.05) is 13.2 Å². The van der Waals surface area contributed by atoms with Crippen molar-refractivity contribution in [3.05, 3.63) is 0 Å². The molecule has 7 N–H and O–H groups in total. The van der Waals surface area contributed by atoms with Crippen molar-refractivity contribution in [2.45, 2.75) is 70.1 Å². The minimum absolute atomic E-state index is 0.00765. The predicted octanol–water partition coefficient (Wildman–Crippen LogP) is -1.74. The number of nitrogens with two attached hydrogens (primary N) is 1. The lowest BCUT2D eigenvalue weighted by atomic mass is 10.0. The third-order valence-electron chi connectivity index (χ3n) is 4.96. The number of hydrogen-bond donors (Lipinski definition) is 6. The molecule has 0 spiro atoms. The topological polar surface area (TPSA) is 199 Å². The fraction of sp³-hybridized carbons (Fsp3) is 0.737. The summed E-state index contributed by atoms with van der Waals surface area (Å²) < 4.78 is 0. The number of carboxylic acid groups (broad SMARTS) is 2. The fourth-order valence-corrected chi connectivity index (χ4v) is 3.34. The van der Waals surface area contributed by atoms with E-state index in [4.69, 9.17) is 10.8 Å². The summed E-state index contributed by atoms with van der Waals surface area (Å²) >= 11 is 0. The van der Waals surface area contributed by atoms with Gasteiger partial charge in [0.2, 0.25) is 17.7 Å². The molecule has 0 aromatic heterocycles. The molecule has 0 saturated carbocycles. The van der Waals surface area contributed by atoms with Crippen molar-refractivity contribution in [2.24, 2.45) is 11.7 Å². The highest BCUT2D eigenvalue weighted by atomic mass is 16.4. The Morgan fingerprint density at radius 1 is 1.06 bits per heavy atom. The van der Waals surface area contributed by atoms with Crippen LogP contribution in [0.25, 0.3) is 0 Å². The molecule has 0 radical (unpaired) electrons. The molecule has 12 nitrogen and oxygen atoms in total. The predicted molar refractivity (Wildman–Crippen MR) is 108 cm³/mol. The van der Waals surface area contributed by atoms with E-state index in [0.29, 0.717) is 12.8 Å². The van der Waals surface area contributed by atoms with E-state index in [9.17, 15) is 34.2 Å². The Balaban J connectivity index is 2.84. The van der Waals surface area contributed by atoms with E-state index in [0.717, 1.165) is 0 Å². The Kier molecular flexibility index (Phi) is 10.4. The van der Waals surface area contributed by atoms with Gasteiger partial charge in [0.25, 0.3) is 0 Å². The summed E-state index contributed by atoms with van der Waals surface area (Å²) in [6, 6.07) is -4.58. The van der Waals surface area contributed by atoms with E-state index >= 15 is 0 Å². The van der Waals surface area contributed by atoms with Gasteiger partial charge in [-0.1, -0.05) is 13.8 Å². The molecule has 0 aromatic rings. The average Bonchev–Trinajstić information content (AvgIpc) is 3.18. The van der Waals surface area contributed by atoms with Crippen molar-refractivity contribution in [3.8, 4) is 0 Å². The Bertz CT molecular complexity index is 684. The first kappa shape index (κ1) is 26.3. The molecule has 1 aliphatic rings. The minimum Gasteiger partial charge on any atom is -0.481 e. The normalized spacial score (nSPS) is 18.9. The molecule has 1 rings (SSSR count).